The molecule has 0 radical (unpaired) electrons. The maximum Gasteiger partial charge on any atom is 0.0362 e. The fourth-order valence-electron chi connectivity index (χ4n) is 2.09. The Bertz CT molecular complexity index is 223. The van der Waals surface area contributed by atoms with Gasteiger partial charge in [-0.3, -0.25) is 9.11 Å². The third-order valence-corrected chi connectivity index (χ3v) is 4.86. The Morgan fingerprint density at radius 3 is 2.88 bits per heavy atom. The summed E-state index contributed by atoms with van der Waals surface area (Å²) in [7, 11) is -0.614. The molecule has 0 spiro atoms. The Morgan fingerprint density at radius 1 is 1.50 bits per heavy atom. The molecule has 3 atom stereocenters. The summed E-state index contributed by atoms with van der Waals surface area (Å²) in [5.41, 5.74) is 0. The van der Waals surface area contributed by atoms with E-state index in [0.29, 0.717) is 6.04 Å². The van der Waals surface area contributed by atoms with Crippen molar-refractivity contribution >= 4 is 10.8 Å². The van der Waals surface area contributed by atoms with E-state index in [1.165, 1.54) is 6.42 Å². The highest BCUT2D eigenvalue weighted by Gasteiger charge is 2.22. The zero-order chi connectivity index (χ0) is 12.0. The quantitative estimate of drug-likeness (QED) is 0.761. The summed E-state index contributed by atoms with van der Waals surface area (Å²) >= 11 is 0. The van der Waals surface area contributed by atoms with E-state index in [4.69, 9.17) is 0 Å². The highest BCUT2D eigenvalue weighted by atomic mass is 32.2. The van der Waals surface area contributed by atoms with Crippen LogP contribution < -0.4 is 5.32 Å². The van der Waals surface area contributed by atoms with Crippen LogP contribution in [0.25, 0.3) is 0 Å². The van der Waals surface area contributed by atoms with Crippen LogP contribution in [0.1, 0.15) is 27.2 Å². The van der Waals surface area contributed by atoms with Gasteiger partial charge in [0.2, 0.25) is 0 Å². The van der Waals surface area contributed by atoms with Gasteiger partial charge in [0.15, 0.2) is 0 Å². The third kappa shape index (κ3) is 4.52. The van der Waals surface area contributed by atoms with Gasteiger partial charge in [-0.1, -0.05) is 27.2 Å². The van der Waals surface area contributed by atoms with Crippen molar-refractivity contribution in [1.29, 1.82) is 0 Å². The molecule has 0 amide bonds. The molecule has 96 valence electrons. The van der Waals surface area contributed by atoms with Gasteiger partial charge in [-0.2, -0.15) is 0 Å². The monoisotopic (exact) mass is 246 g/mol. The SMILES string of the molecule is CCC(C)C1CN(CCS(=O)CC)CCN1. The summed E-state index contributed by atoms with van der Waals surface area (Å²) in [5.74, 6) is 2.37. The number of hydrogen-bond acceptors (Lipinski definition) is 3. The van der Waals surface area contributed by atoms with Crippen LogP contribution in [0, 0.1) is 5.92 Å². The Kier molecular flexibility index (Phi) is 6.54. The molecule has 1 aliphatic heterocycles. The van der Waals surface area contributed by atoms with E-state index < -0.39 is 10.8 Å². The molecule has 0 saturated carbocycles. The highest BCUT2D eigenvalue weighted by molar-refractivity contribution is 7.84. The Morgan fingerprint density at radius 2 is 2.25 bits per heavy atom. The van der Waals surface area contributed by atoms with Crippen molar-refractivity contribution in [2.75, 3.05) is 37.7 Å². The molecule has 1 N–H and O–H groups in total. The van der Waals surface area contributed by atoms with Crippen molar-refractivity contribution < 1.29 is 4.21 Å². The molecule has 16 heavy (non-hydrogen) atoms. The van der Waals surface area contributed by atoms with Crippen LogP contribution in [0.4, 0.5) is 0 Å². The summed E-state index contributed by atoms with van der Waals surface area (Å²) in [5, 5.41) is 3.58. The van der Waals surface area contributed by atoms with Crippen LogP contribution in [-0.4, -0.2) is 52.8 Å². The van der Waals surface area contributed by atoms with Crippen molar-refractivity contribution in [1.82, 2.24) is 10.2 Å². The maximum absolute atomic E-state index is 11.4. The van der Waals surface area contributed by atoms with Gasteiger partial charge in [0, 0.05) is 54.5 Å². The number of hydrogen-bond donors (Lipinski definition) is 1. The lowest BCUT2D eigenvalue weighted by Gasteiger charge is -2.36. The smallest absolute Gasteiger partial charge is 0.0362 e. The second-order valence-corrected chi connectivity index (χ2v) is 6.54. The first-order chi connectivity index (χ1) is 7.67. The second kappa shape index (κ2) is 7.41. The molecule has 3 nitrogen and oxygen atoms in total. The topological polar surface area (TPSA) is 32.3 Å². The van der Waals surface area contributed by atoms with E-state index >= 15 is 0 Å². The van der Waals surface area contributed by atoms with Gasteiger partial charge in [-0.25, -0.2) is 0 Å². The minimum Gasteiger partial charge on any atom is -0.311 e. The number of nitrogens with zero attached hydrogens (tertiary/aromatic N) is 1. The summed E-state index contributed by atoms with van der Waals surface area (Å²) in [6.45, 7) is 10.9. The Labute approximate surface area is 102 Å². The van der Waals surface area contributed by atoms with Crippen LogP contribution in [-0.2, 0) is 10.8 Å². The molecular formula is C12H26N2OS. The van der Waals surface area contributed by atoms with Gasteiger partial charge < -0.3 is 5.32 Å². The molecule has 3 unspecified atom stereocenters. The van der Waals surface area contributed by atoms with Crippen LogP contribution in [0.2, 0.25) is 0 Å². The first kappa shape index (κ1) is 14.1. The molecule has 1 rings (SSSR count). The van der Waals surface area contributed by atoms with Crippen molar-refractivity contribution in [3.05, 3.63) is 0 Å². The molecule has 1 fully saturated rings. The van der Waals surface area contributed by atoms with Crippen LogP contribution >= 0.6 is 0 Å². The van der Waals surface area contributed by atoms with Gasteiger partial charge in [0.25, 0.3) is 0 Å². The van der Waals surface area contributed by atoms with Crippen LogP contribution in [0.5, 0.6) is 0 Å². The van der Waals surface area contributed by atoms with Gasteiger partial charge >= 0.3 is 0 Å². The Hall–Kier alpha value is 0.0700. The van der Waals surface area contributed by atoms with Crippen LogP contribution in [0.15, 0.2) is 0 Å². The standard InChI is InChI=1S/C12H26N2OS/c1-4-11(3)12-10-14(7-6-13-12)8-9-16(15)5-2/h11-13H,4-10H2,1-3H3. The predicted molar refractivity (Wildman–Crippen MR) is 71.2 cm³/mol. The van der Waals surface area contributed by atoms with E-state index in [-0.39, 0.29) is 0 Å². The maximum atomic E-state index is 11.4. The summed E-state index contributed by atoms with van der Waals surface area (Å²) in [6.07, 6.45) is 1.23. The lowest BCUT2D eigenvalue weighted by atomic mass is 9.97. The fourth-order valence-corrected chi connectivity index (χ4v) is 2.84. The lowest BCUT2D eigenvalue weighted by molar-refractivity contribution is 0.176. The Balaban J connectivity index is 2.30. The number of rotatable bonds is 6. The van der Waals surface area contributed by atoms with Crippen LogP contribution in [0.3, 0.4) is 0 Å². The number of nitrogens with one attached hydrogen (secondary N) is 1. The number of piperazine rings is 1. The minimum atomic E-state index is -0.614. The largest absolute Gasteiger partial charge is 0.311 e. The normalized spacial score (nSPS) is 26.6. The van der Waals surface area contributed by atoms with Gasteiger partial charge in [0.1, 0.15) is 0 Å². The molecule has 4 heteroatoms. The molecule has 1 aliphatic rings. The first-order valence-electron chi connectivity index (χ1n) is 6.48. The highest BCUT2D eigenvalue weighted by Crippen LogP contribution is 2.11. The average molecular weight is 246 g/mol. The molecular weight excluding hydrogens is 220 g/mol. The summed E-state index contributed by atoms with van der Waals surface area (Å²) in [4.78, 5) is 2.46. The molecule has 0 bridgehead atoms. The first-order valence-corrected chi connectivity index (χ1v) is 7.96. The molecule has 1 heterocycles. The van der Waals surface area contributed by atoms with Gasteiger partial charge in [-0.05, 0) is 5.92 Å². The van der Waals surface area contributed by atoms with Crippen molar-refractivity contribution in [2.45, 2.75) is 33.2 Å². The van der Waals surface area contributed by atoms with E-state index in [9.17, 15) is 4.21 Å². The molecule has 0 aromatic rings. The van der Waals surface area contributed by atoms with E-state index in [1.54, 1.807) is 0 Å². The van der Waals surface area contributed by atoms with Gasteiger partial charge in [-0.15, -0.1) is 0 Å². The van der Waals surface area contributed by atoms with E-state index in [2.05, 4.69) is 24.1 Å². The third-order valence-electron chi connectivity index (χ3n) is 3.58. The fraction of sp³-hybridized carbons (Fsp3) is 1.00. The molecule has 0 aromatic carbocycles. The van der Waals surface area contributed by atoms with Crippen molar-refractivity contribution in [3.63, 3.8) is 0 Å². The minimum absolute atomic E-state index is 0.614. The van der Waals surface area contributed by atoms with Crippen molar-refractivity contribution in [3.8, 4) is 0 Å². The zero-order valence-corrected chi connectivity index (χ0v) is 11.7. The molecule has 0 aliphatic carbocycles. The summed E-state index contributed by atoms with van der Waals surface area (Å²) in [6, 6.07) is 0.619. The summed E-state index contributed by atoms with van der Waals surface area (Å²) < 4.78 is 11.4. The van der Waals surface area contributed by atoms with E-state index in [1.807, 2.05) is 6.92 Å². The molecule has 1 saturated heterocycles. The zero-order valence-electron chi connectivity index (χ0n) is 10.9. The van der Waals surface area contributed by atoms with E-state index in [0.717, 1.165) is 43.6 Å². The lowest BCUT2D eigenvalue weighted by Crippen LogP contribution is -2.53. The predicted octanol–water partition coefficient (Wildman–Crippen LogP) is 1.07. The van der Waals surface area contributed by atoms with Gasteiger partial charge in [0.05, 0.1) is 0 Å². The van der Waals surface area contributed by atoms with Crippen molar-refractivity contribution in [2.24, 2.45) is 5.92 Å². The average Bonchev–Trinajstić information content (AvgIpc) is 2.35. The second-order valence-electron chi connectivity index (χ2n) is 4.68. The molecule has 0 aromatic heterocycles.